The Hall–Kier alpha value is -3.88. The van der Waals surface area contributed by atoms with Crippen LogP contribution in [-0.2, 0) is 19.4 Å². The summed E-state index contributed by atoms with van der Waals surface area (Å²) in [4.78, 5) is 17.9. The summed E-state index contributed by atoms with van der Waals surface area (Å²) in [6.45, 7) is 2.85. The van der Waals surface area contributed by atoms with Crippen LogP contribution in [0, 0.1) is 0 Å². The van der Waals surface area contributed by atoms with Crippen molar-refractivity contribution in [3.05, 3.63) is 95.6 Å². The van der Waals surface area contributed by atoms with E-state index in [1.165, 1.54) is 0 Å². The van der Waals surface area contributed by atoms with Crippen LogP contribution in [0.4, 0.5) is 10.6 Å². The number of aromatic nitrogens is 2. The molecule has 4 atom stereocenters. The van der Waals surface area contributed by atoms with Gasteiger partial charge in [-0.3, -0.25) is 5.10 Å². The predicted octanol–water partition coefficient (Wildman–Crippen LogP) is 4.13. The van der Waals surface area contributed by atoms with E-state index >= 15 is 0 Å². The SMILES string of the molecule is CCCCN1C(=O)N(Cc2ccc3[nH]nc(N)c3c2)[C@H](Cc2ccccc2)C(O)C(O)[C@H]1Cc1ccccc1. The molecule has 8 nitrogen and oxygen atoms in total. The van der Waals surface area contributed by atoms with Gasteiger partial charge in [0.2, 0.25) is 0 Å². The van der Waals surface area contributed by atoms with Crippen LogP contribution in [0.15, 0.2) is 78.9 Å². The molecule has 0 saturated carbocycles. The minimum Gasteiger partial charge on any atom is -0.388 e. The number of rotatable bonds is 9. The van der Waals surface area contributed by atoms with Gasteiger partial charge in [0.25, 0.3) is 0 Å². The molecule has 1 aliphatic heterocycles. The van der Waals surface area contributed by atoms with E-state index in [1.54, 1.807) is 9.80 Å². The van der Waals surface area contributed by atoms with Gasteiger partial charge in [-0.05, 0) is 48.1 Å². The number of aromatic amines is 1. The normalized spacial score (nSPS) is 21.9. The van der Waals surface area contributed by atoms with Gasteiger partial charge in [-0.2, -0.15) is 5.10 Å². The van der Waals surface area contributed by atoms with Gasteiger partial charge in [0.15, 0.2) is 5.82 Å². The van der Waals surface area contributed by atoms with Crippen molar-refractivity contribution in [3.8, 4) is 0 Å². The number of nitrogens with zero attached hydrogens (tertiary/aromatic N) is 3. The first-order valence-corrected chi connectivity index (χ1v) is 13.7. The van der Waals surface area contributed by atoms with Crippen molar-refractivity contribution in [1.82, 2.24) is 20.0 Å². The molecular weight excluding hydrogens is 490 g/mol. The Bertz CT molecular complexity index is 1380. The average Bonchev–Trinajstić information content (AvgIpc) is 3.31. The van der Waals surface area contributed by atoms with E-state index in [2.05, 4.69) is 17.1 Å². The van der Waals surface area contributed by atoms with Crippen molar-refractivity contribution in [1.29, 1.82) is 0 Å². The van der Waals surface area contributed by atoms with Crippen LogP contribution < -0.4 is 5.73 Å². The summed E-state index contributed by atoms with van der Waals surface area (Å²) in [5.41, 5.74) is 9.76. The van der Waals surface area contributed by atoms with Gasteiger partial charge in [0.05, 0.1) is 17.6 Å². The molecule has 2 heterocycles. The number of anilines is 1. The fourth-order valence-electron chi connectivity index (χ4n) is 5.60. The minimum absolute atomic E-state index is 0.179. The number of aliphatic hydroxyl groups excluding tert-OH is 2. The van der Waals surface area contributed by atoms with Crippen molar-refractivity contribution in [3.63, 3.8) is 0 Å². The highest BCUT2D eigenvalue weighted by atomic mass is 16.3. The molecule has 1 aliphatic rings. The maximum absolute atomic E-state index is 14.4. The highest BCUT2D eigenvalue weighted by molar-refractivity contribution is 5.89. The maximum Gasteiger partial charge on any atom is 0.321 e. The predicted molar refractivity (Wildman–Crippen MR) is 153 cm³/mol. The van der Waals surface area contributed by atoms with Crippen LogP contribution >= 0.6 is 0 Å². The fourth-order valence-corrected chi connectivity index (χ4v) is 5.60. The van der Waals surface area contributed by atoms with Crippen LogP contribution in [0.3, 0.4) is 0 Å². The Kier molecular flexibility index (Phi) is 8.14. The molecule has 3 aromatic carbocycles. The van der Waals surface area contributed by atoms with Gasteiger partial charge in [-0.15, -0.1) is 0 Å². The lowest BCUT2D eigenvalue weighted by Gasteiger charge is -2.35. The van der Waals surface area contributed by atoms with Crippen LogP contribution in [0.1, 0.15) is 36.5 Å². The number of carbonyl (C=O) groups is 1. The highest BCUT2D eigenvalue weighted by Gasteiger charge is 2.46. The number of urea groups is 1. The molecular formula is C31H37N5O3. The van der Waals surface area contributed by atoms with E-state index < -0.39 is 24.3 Å². The first kappa shape index (κ1) is 26.7. The molecule has 1 fully saturated rings. The van der Waals surface area contributed by atoms with Crippen molar-refractivity contribution in [2.24, 2.45) is 0 Å². The van der Waals surface area contributed by atoms with Gasteiger partial charge < -0.3 is 25.7 Å². The quantitative estimate of drug-likeness (QED) is 0.261. The maximum atomic E-state index is 14.4. The summed E-state index contributed by atoms with van der Waals surface area (Å²) in [7, 11) is 0. The van der Waals surface area contributed by atoms with Crippen molar-refractivity contribution in [2.75, 3.05) is 12.3 Å². The van der Waals surface area contributed by atoms with Crippen molar-refractivity contribution >= 4 is 22.8 Å². The Morgan fingerprint density at radius 2 is 1.44 bits per heavy atom. The molecule has 1 aromatic heterocycles. The zero-order chi connectivity index (χ0) is 27.4. The molecule has 5 N–H and O–H groups in total. The zero-order valence-corrected chi connectivity index (χ0v) is 22.3. The first-order valence-electron chi connectivity index (χ1n) is 13.7. The first-order chi connectivity index (χ1) is 19.0. The summed E-state index contributed by atoms with van der Waals surface area (Å²) in [6, 6.07) is 24.1. The average molecular weight is 528 g/mol. The zero-order valence-electron chi connectivity index (χ0n) is 22.3. The van der Waals surface area contributed by atoms with Crippen LogP contribution in [0.5, 0.6) is 0 Å². The molecule has 5 rings (SSSR count). The smallest absolute Gasteiger partial charge is 0.321 e. The molecule has 8 heteroatoms. The molecule has 0 spiro atoms. The third-order valence-electron chi connectivity index (χ3n) is 7.77. The second-order valence-electron chi connectivity index (χ2n) is 10.4. The fraction of sp³-hybridized carbons (Fsp3) is 0.355. The van der Waals surface area contributed by atoms with Gasteiger partial charge in [-0.25, -0.2) is 4.79 Å². The second-order valence-corrected chi connectivity index (χ2v) is 10.4. The molecule has 1 saturated heterocycles. The number of H-pyrrole nitrogens is 1. The molecule has 0 aliphatic carbocycles. The van der Waals surface area contributed by atoms with Crippen molar-refractivity contribution < 1.29 is 15.0 Å². The number of benzene rings is 3. The van der Waals surface area contributed by atoms with Crippen LogP contribution in [0.25, 0.3) is 10.9 Å². The number of nitrogens with two attached hydrogens (primary N) is 1. The van der Waals surface area contributed by atoms with E-state index in [1.807, 2.05) is 78.9 Å². The lowest BCUT2D eigenvalue weighted by atomic mass is 9.91. The van der Waals surface area contributed by atoms with Gasteiger partial charge in [0, 0.05) is 18.5 Å². The number of nitrogen functional groups attached to an aromatic ring is 1. The van der Waals surface area contributed by atoms with E-state index in [0.717, 1.165) is 40.4 Å². The summed E-state index contributed by atoms with van der Waals surface area (Å²) < 4.78 is 0. The molecule has 204 valence electrons. The standard InChI is InChI=1S/C31H37N5O3/c1-2-3-16-35-26(18-21-10-6-4-7-11-21)28(37)29(38)27(19-22-12-8-5-9-13-22)36(31(35)39)20-23-14-15-25-24(17-23)30(32)34-33-25/h4-15,17,26-29,37-38H,2-3,16,18-20H2,1H3,(H3,32,33,34)/t26-,27-,28?,29?/m1/s1. The monoisotopic (exact) mass is 527 g/mol. The van der Waals surface area contributed by atoms with Crippen molar-refractivity contribution in [2.45, 2.75) is 63.4 Å². The van der Waals surface area contributed by atoms with Crippen LogP contribution in [0.2, 0.25) is 0 Å². The van der Waals surface area contributed by atoms with Gasteiger partial charge in [-0.1, -0.05) is 80.1 Å². The summed E-state index contributed by atoms with van der Waals surface area (Å²) in [6.07, 6.45) is 0.325. The lowest BCUT2D eigenvalue weighted by molar-refractivity contribution is -0.0402. The van der Waals surface area contributed by atoms with Gasteiger partial charge in [0.1, 0.15) is 12.2 Å². The number of carbonyl (C=O) groups excluding carboxylic acids is 1. The summed E-state index contributed by atoms with van der Waals surface area (Å²) >= 11 is 0. The Morgan fingerprint density at radius 1 is 0.846 bits per heavy atom. The molecule has 0 radical (unpaired) electrons. The molecule has 4 aromatic rings. The molecule has 2 unspecified atom stereocenters. The Morgan fingerprint density at radius 3 is 2.03 bits per heavy atom. The third-order valence-corrected chi connectivity index (χ3v) is 7.77. The number of hydrogen-bond donors (Lipinski definition) is 4. The number of amides is 2. The third kappa shape index (κ3) is 5.77. The van der Waals surface area contributed by atoms with Gasteiger partial charge >= 0.3 is 6.03 Å². The summed E-state index contributed by atoms with van der Waals surface area (Å²) in [5, 5.41) is 31.2. The minimum atomic E-state index is -1.14. The molecule has 0 bridgehead atoms. The van der Waals surface area contributed by atoms with E-state index in [4.69, 9.17) is 5.73 Å². The Labute approximate surface area is 229 Å². The van der Waals surface area contributed by atoms with E-state index in [0.29, 0.717) is 25.2 Å². The summed E-state index contributed by atoms with van der Waals surface area (Å²) in [5.74, 6) is 0.401. The number of fused-ring (bicyclic) bond motifs is 1. The second kappa shape index (κ2) is 11.9. The highest BCUT2D eigenvalue weighted by Crippen LogP contribution is 2.30. The largest absolute Gasteiger partial charge is 0.388 e. The lowest BCUT2D eigenvalue weighted by Crippen LogP contribution is -2.51. The number of hydrogen-bond acceptors (Lipinski definition) is 5. The number of aliphatic hydroxyl groups is 2. The topological polar surface area (TPSA) is 119 Å². The van der Waals surface area contributed by atoms with Crippen LogP contribution in [-0.4, -0.2) is 67.1 Å². The van der Waals surface area contributed by atoms with E-state index in [9.17, 15) is 15.0 Å². The molecule has 39 heavy (non-hydrogen) atoms. The number of unbranched alkanes of at least 4 members (excludes halogenated alkanes) is 1. The Balaban J connectivity index is 1.55. The molecule has 2 amide bonds. The number of nitrogens with one attached hydrogen (secondary N) is 1. The van der Waals surface area contributed by atoms with E-state index in [-0.39, 0.29) is 12.6 Å².